The SMILES string of the molecule is CCC(O)c1ccc2c(c1)C(NC(C)=O)CC1(CCCC1)O2. The van der Waals surface area contributed by atoms with Crippen molar-refractivity contribution in [1.29, 1.82) is 0 Å². The summed E-state index contributed by atoms with van der Waals surface area (Å²) in [5.41, 5.74) is 1.77. The summed E-state index contributed by atoms with van der Waals surface area (Å²) < 4.78 is 6.33. The smallest absolute Gasteiger partial charge is 0.217 e. The van der Waals surface area contributed by atoms with Crippen molar-refractivity contribution in [2.75, 3.05) is 0 Å². The highest BCUT2D eigenvalue weighted by Gasteiger charge is 2.43. The van der Waals surface area contributed by atoms with Gasteiger partial charge in [-0.15, -0.1) is 0 Å². The number of hydrogen-bond acceptors (Lipinski definition) is 3. The van der Waals surface area contributed by atoms with E-state index in [1.165, 1.54) is 12.8 Å². The van der Waals surface area contributed by atoms with Gasteiger partial charge in [-0.1, -0.05) is 13.0 Å². The van der Waals surface area contributed by atoms with Crippen molar-refractivity contribution < 1.29 is 14.6 Å². The average Bonchev–Trinajstić information content (AvgIpc) is 2.93. The molecule has 1 saturated carbocycles. The Morgan fingerprint density at radius 2 is 2.18 bits per heavy atom. The third kappa shape index (κ3) is 2.84. The zero-order valence-corrected chi connectivity index (χ0v) is 13.4. The van der Waals surface area contributed by atoms with E-state index in [1.807, 2.05) is 25.1 Å². The zero-order chi connectivity index (χ0) is 15.7. The molecule has 22 heavy (non-hydrogen) atoms. The molecule has 4 nitrogen and oxygen atoms in total. The lowest BCUT2D eigenvalue weighted by Gasteiger charge is -2.40. The molecule has 0 aromatic heterocycles. The second-order valence-electron chi connectivity index (χ2n) is 6.67. The van der Waals surface area contributed by atoms with Crippen molar-refractivity contribution in [1.82, 2.24) is 5.32 Å². The number of amides is 1. The maximum atomic E-state index is 11.6. The molecule has 1 aromatic rings. The van der Waals surface area contributed by atoms with Gasteiger partial charge in [0.25, 0.3) is 0 Å². The van der Waals surface area contributed by atoms with Crippen LogP contribution in [0.25, 0.3) is 0 Å². The summed E-state index contributed by atoms with van der Waals surface area (Å²) in [7, 11) is 0. The maximum absolute atomic E-state index is 11.6. The summed E-state index contributed by atoms with van der Waals surface area (Å²) in [6.07, 6.45) is 5.53. The first-order valence-corrected chi connectivity index (χ1v) is 8.31. The Morgan fingerprint density at radius 3 is 2.82 bits per heavy atom. The fourth-order valence-corrected chi connectivity index (χ4v) is 3.83. The molecule has 2 unspecified atom stereocenters. The van der Waals surface area contributed by atoms with Crippen LogP contribution in [0.15, 0.2) is 18.2 Å². The first kappa shape index (κ1) is 15.3. The fraction of sp³-hybridized carbons (Fsp3) is 0.611. The van der Waals surface area contributed by atoms with Crippen molar-refractivity contribution in [3.63, 3.8) is 0 Å². The Labute approximate surface area is 131 Å². The van der Waals surface area contributed by atoms with Crippen LogP contribution in [0.1, 0.15) is 75.6 Å². The van der Waals surface area contributed by atoms with Crippen LogP contribution >= 0.6 is 0 Å². The van der Waals surface area contributed by atoms with Crippen LogP contribution in [0.5, 0.6) is 5.75 Å². The van der Waals surface area contributed by atoms with Crippen molar-refractivity contribution >= 4 is 5.91 Å². The average molecular weight is 303 g/mol. The lowest BCUT2D eigenvalue weighted by atomic mass is 9.85. The molecule has 1 fully saturated rings. The van der Waals surface area contributed by atoms with Gasteiger partial charge in [-0.05, 0) is 49.8 Å². The van der Waals surface area contributed by atoms with Gasteiger partial charge in [0.2, 0.25) is 5.91 Å². The number of fused-ring (bicyclic) bond motifs is 1. The highest BCUT2D eigenvalue weighted by atomic mass is 16.5. The molecule has 120 valence electrons. The molecule has 2 aliphatic rings. The van der Waals surface area contributed by atoms with Crippen LogP contribution in [0, 0.1) is 0 Å². The van der Waals surface area contributed by atoms with E-state index in [0.717, 1.165) is 36.1 Å². The topological polar surface area (TPSA) is 58.6 Å². The number of carbonyl (C=O) groups excluding carboxylic acids is 1. The molecular formula is C18H25NO3. The van der Waals surface area contributed by atoms with E-state index in [1.54, 1.807) is 6.92 Å². The van der Waals surface area contributed by atoms with Crippen LogP contribution in [0.3, 0.4) is 0 Å². The third-order valence-electron chi connectivity index (χ3n) is 4.98. The van der Waals surface area contributed by atoms with Gasteiger partial charge >= 0.3 is 0 Å². The molecule has 0 bridgehead atoms. The Hall–Kier alpha value is -1.55. The second-order valence-corrected chi connectivity index (χ2v) is 6.67. The molecule has 1 amide bonds. The van der Waals surface area contributed by atoms with Crippen LogP contribution in [0.2, 0.25) is 0 Å². The molecule has 3 rings (SSSR count). The molecule has 0 saturated heterocycles. The Morgan fingerprint density at radius 1 is 1.45 bits per heavy atom. The summed E-state index contributed by atoms with van der Waals surface area (Å²) >= 11 is 0. The van der Waals surface area contributed by atoms with Gasteiger partial charge in [0.15, 0.2) is 0 Å². The number of ether oxygens (including phenoxy) is 1. The van der Waals surface area contributed by atoms with Gasteiger partial charge in [-0.3, -0.25) is 4.79 Å². The predicted octanol–water partition coefficient (Wildman–Crippen LogP) is 3.40. The highest BCUT2D eigenvalue weighted by molar-refractivity contribution is 5.73. The van der Waals surface area contributed by atoms with Gasteiger partial charge in [-0.2, -0.15) is 0 Å². The largest absolute Gasteiger partial charge is 0.487 e. The monoisotopic (exact) mass is 303 g/mol. The minimum absolute atomic E-state index is 0.0209. The van der Waals surface area contributed by atoms with Crippen molar-refractivity contribution in [2.45, 2.75) is 70.1 Å². The van der Waals surface area contributed by atoms with Crippen LogP contribution in [-0.4, -0.2) is 16.6 Å². The van der Waals surface area contributed by atoms with E-state index >= 15 is 0 Å². The predicted molar refractivity (Wildman–Crippen MR) is 84.7 cm³/mol. The van der Waals surface area contributed by atoms with Crippen molar-refractivity contribution in [3.05, 3.63) is 29.3 Å². The van der Waals surface area contributed by atoms with Gasteiger partial charge in [-0.25, -0.2) is 0 Å². The molecule has 1 aliphatic carbocycles. The number of carbonyl (C=O) groups is 1. The number of nitrogens with one attached hydrogen (secondary N) is 1. The maximum Gasteiger partial charge on any atom is 0.217 e. The zero-order valence-electron chi connectivity index (χ0n) is 13.4. The van der Waals surface area contributed by atoms with Crippen LogP contribution < -0.4 is 10.1 Å². The molecule has 1 aromatic carbocycles. The minimum atomic E-state index is -0.467. The van der Waals surface area contributed by atoms with E-state index in [4.69, 9.17) is 4.74 Å². The number of benzene rings is 1. The summed E-state index contributed by atoms with van der Waals surface area (Å²) in [4.78, 5) is 11.6. The summed E-state index contributed by atoms with van der Waals surface area (Å²) in [6, 6.07) is 5.86. The van der Waals surface area contributed by atoms with E-state index < -0.39 is 6.10 Å². The molecule has 1 heterocycles. The van der Waals surface area contributed by atoms with E-state index in [0.29, 0.717) is 6.42 Å². The van der Waals surface area contributed by atoms with E-state index in [2.05, 4.69) is 5.32 Å². The summed E-state index contributed by atoms with van der Waals surface area (Å²) in [5.74, 6) is 0.839. The summed E-state index contributed by atoms with van der Waals surface area (Å²) in [5, 5.41) is 13.1. The molecule has 2 atom stereocenters. The van der Waals surface area contributed by atoms with Gasteiger partial charge < -0.3 is 15.2 Å². The van der Waals surface area contributed by atoms with E-state index in [-0.39, 0.29) is 17.6 Å². The molecular weight excluding hydrogens is 278 g/mol. The first-order chi connectivity index (χ1) is 10.5. The molecule has 1 aliphatic heterocycles. The molecule has 0 radical (unpaired) electrons. The fourth-order valence-electron chi connectivity index (χ4n) is 3.83. The van der Waals surface area contributed by atoms with Crippen LogP contribution in [-0.2, 0) is 4.79 Å². The number of rotatable bonds is 3. The van der Waals surface area contributed by atoms with Gasteiger partial charge in [0.05, 0.1) is 12.1 Å². The van der Waals surface area contributed by atoms with E-state index in [9.17, 15) is 9.90 Å². The quantitative estimate of drug-likeness (QED) is 0.899. The molecule has 4 heteroatoms. The molecule has 1 spiro atoms. The van der Waals surface area contributed by atoms with Gasteiger partial charge in [0.1, 0.15) is 11.4 Å². The second kappa shape index (κ2) is 5.92. The van der Waals surface area contributed by atoms with Gasteiger partial charge in [0, 0.05) is 18.9 Å². The first-order valence-electron chi connectivity index (χ1n) is 8.31. The van der Waals surface area contributed by atoms with Crippen molar-refractivity contribution in [2.24, 2.45) is 0 Å². The lowest BCUT2D eigenvalue weighted by molar-refractivity contribution is -0.120. The minimum Gasteiger partial charge on any atom is -0.487 e. The van der Waals surface area contributed by atoms with Crippen molar-refractivity contribution in [3.8, 4) is 5.75 Å². The number of aliphatic hydroxyl groups excluding tert-OH is 1. The Kier molecular flexibility index (Phi) is 4.13. The Balaban J connectivity index is 1.97. The third-order valence-corrected chi connectivity index (χ3v) is 4.98. The number of aliphatic hydroxyl groups is 1. The highest BCUT2D eigenvalue weighted by Crippen LogP contribution is 2.47. The Bertz CT molecular complexity index is 563. The lowest BCUT2D eigenvalue weighted by Crippen LogP contribution is -2.43. The normalized spacial score (nSPS) is 23.7. The number of hydrogen-bond donors (Lipinski definition) is 2. The summed E-state index contributed by atoms with van der Waals surface area (Å²) in [6.45, 7) is 3.51. The standard InChI is InChI=1S/C18H25NO3/c1-3-16(21)13-6-7-17-14(10-13)15(19-12(2)20)11-18(22-17)8-4-5-9-18/h6-7,10,15-16,21H,3-5,8-9,11H2,1-2H3,(H,19,20). The van der Waals surface area contributed by atoms with Crippen LogP contribution in [0.4, 0.5) is 0 Å². The molecule has 2 N–H and O–H groups in total.